The number of aromatic nitrogens is 4. The van der Waals surface area contributed by atoms with Crippen LogP contribution in [0.15, 0.2) is 18.5 Å². The van der Waals surface area contributed by atoms with Crippen molar-refractivity contribution in [2.24, 2.45) is 0 Å². The van der Waals surface area contributed by atoms with Crippen molar-refractivity contribution in [3.05, 3.63) is 18.5 Å². The second kappa shape index (κ2) is 3.80. The van der Waals surface area contributed by atoms with Crippen molar-refractivity contribution >= 4 is 11.5 Å². The van der Waals surface area contributed by atoms with Crippen molar-refractivity contribution in [2.75, 3.05) is 11.5 Å². The van der Waals surface area contributed by atoms with Crippen LogP contribution in [0.1, 0.15) is 19.9 Å². The van der Waals surface area contributed by atoms with Crippen LogP contribution < -0.4 is 11.5 Å². The third kappa shape index (κ3) is 1.69. The van der Waals surface area contributed by atoms with Gasteiger partial charge < -0.3 is 16.0 Å². The van der Waals surface area contributed by atoms with E-state index in [0.29, 0.717) is 23.0 Å². The van der Waals surface area contributed by atoms with Gasteiger partial charge in [-0.3, -0.25) is 0 Å². The highest BCUT2D eigenvalue weighted by Gasteiger charge is 2.11. The van der Waals surface area contributed by atoms with Crippen molar-refractivity contribution < 1.29 is 0 Å². The number of nitrogens with zero attached hydrogens (tertiary/aromatic N) is 4. The summed E-state index contributed by atoms with van der Waals surface area (Å²) in [5, 5.41) is 7.91. The van der Waals surface area contributed by atoms with Crippen LogP contribution in [0.3, 0.4) is 0 Å². The first-order chi connectivity index (χ1) is 7.59. The lowest BCUT2D eigenvalue weighted by molar-refractivity contribution is 0.603. The van der Waals surface area contributed by atoms with Gasteiger partial charge in [0, 0.05) is 6.04 Å². The molecule has 0 saturated carbocycles. The Kier molecular flexibility index (Phi) is 2.47. The Labute approximate surface area is 93.3 Å². The monoisotopic (exact) mass is 218 g/mol. The van der Waals surface area contributed by atoms with Crippen molar-refractivity contribution in [1.82, 2.24) is 19.7 Å². The Morgan fingerprint density at radius 1 is 1.25 bits per heavy atom. The molecular weight excluding hydrogens is 204 g/mol. The maximum Gasteiger partial charge on any atom is 0.182 e. The minimum Gasteiger partial charge on any atom is -0.396 e. The van der Waals surface area contributed by atoms with E-state index >= 15 is 0 Å². The highest BCUT2D eigenvalue weighted by molar-refractivity contribution is 5.64. The first kappa shape index (κ1) is 10.4. The van der Waals surface area contributed by atoms with E-state index in [1.807, 2.05) is 18.4 Å². The standard InChI is InChI=1S/C10H14N6/c1-6(2)16-5-13-15-10(16)8-4-3-7(11)9(12)14-8/h3-6H,11H2,1-2H3,(H2,12,14). The second-order valence-electron chi connectivity index (χ2n) is 3.83. The van der Waals surface area contributed by atoms with Gasteiger partial charge in [0.05, 0.1) is 5.69 Å². The fraction of sp³-hybridized carbons (Fsp3) is 0.300. The summed E-state index contributed by atoms with van der Waals surface area (Å²) in [7, 11) is 0. The summed E-state index contributed by atoms with van der Waals surface area (Å²) in [6.07, 6.45) is 1.67. The minimum absolute atomic E-state index is 0.269. The van der Waals surface area contributed by atoms with E-state index in [1.165, 1.54) is 0 Å². The lowest BCUT2D eigenvalue weighted by Crippen LogP contribution is -2.04. The van der Waals surface area contributed by atoms with Crippen molar-refractivity contribution in [1.29, 1.82) is 0 Å². The Morgan fingerprint density at radius 3 is 2.62 bits per heavy atom. The summed E-state index contributed by atoms with van der Waals surface area (Å²) in [6.45, 7) is 4.10. The SMILES string of the molecule is CC(C)n1cnnc1-c1ccc(N)c(N)n1. The smallest absolute Gasteiger partial charge is 0.182 e. The van der Waals surface area contributed by atoms with Gasteiger partial charge >= 0.3 is 0 Å². The first-order valence-electron chi connectivity index (χ1n) is 5.01. The van der Waals surface area contributed by atoms with Gasteiger partial charge in [-0.2, -0.15) is 0 Å². The van der Waals surface area contributed by atoms with Crippen molar-refractivity contribution in [2.45, 2.75) is 19.9 Å². The molecule has 0 bridgehead atoms. The average molecular weight is 218 g/mol. The van der Waals surface area contributed by atoms with E-state index in [9.17, 15) is 0 Å². The molecule has 0 aliphatic rings. The van der Waals surface area contributed by atoms with Gasteiger partial charge in [-0.25, -0.2) is 4.98 Å². The molecule has 2 aromatic heterocycles. The zero-order chi connectivity index (χ0) is 11.7. The molecule has 4 N–H and O–H groups in total. The molecular formula is C10H14N6. The van der Waals surface area contributed by atoms with Crippen molar-refractivity contribution in [3.8, 4) is 11.5 Å². The Bertz CT molecular complexity index is 502. The summed E-state index contributed by atoms with van der Waals surface area (Å²) in [5.41, 5.74) is 12.4. The molecule has 6 nitrogen and oxygen atoms in total. The predicted molar refractivity (Wildman–Crippen MR) is 62.5 cm³/mol. The molecule has 0 aliphatic heterocycles. The van der Waals surface area contributed by atoms with Gasteiger partial charge in [0.25, 0.3) is 0 Å². The third-order valence-corrected chi connectivity index (χ3v) is 2.32. The highest BCUT2D eigenvalue weighted by atomic mass is 15.3. The summed E-state index contributed by atoms with van der Waals surface area (Å²) in [6, 6.07) is 3.77. The molecule has 0 fully saturated rings. The molecule has 0 aliphatic carbocycles. The zero-order valence-corrected chi connectivity index (χ0v) is 9.25. The molecule has 2 rings (SSSR count). The van der Waals surface area contributed by atoms with Gasteiger partial charge in [0.1, 0.15) is 17.8 Å². The largest absolute Gasteiger partial charge is 0.396 e. The summed E-state index contributed by atoms with van der Waals surface area (Å²) in [4.78, 5) is 4.19. The van der Waals surface area contributed by atoms with E-state index in [1.54, 1.807) is 18.5 Å². The van der Waals surface area contributed by atoms with Crippen LogP contribution in [0.2, 0.25) is 0 Å². The lowest BCUT2D eigenvalue weighted by atomic mass is 10.3. The Hall–Kier alpha value is -2.11. The quantitative estimate of drug-likeness (QED) is 0.786. The molecule has 0 atom stereocenters. The normalized spacial score (nSPS) is 10.9. The van der Waals surface area contributed by atoms with Crippen LogP contribution in [0.5, 0.6) is 0 Å². The van der Waals surface area contributed by atoms with Crippen LogP contribution in [0, 0.1) is 0 Å². The van der Waals surface area contributed by atoms with Crippen LogP contribution in [0.25, 0.3) is 11.5 Å². The number of pyridine rings is 1. The fourth-order valence-corrected chi connectivity index (χ4v) is 1.41. The molecule has 6 heteroatoms. The third-order valence-electron chi connectivity index (χ3n) is 2.32. The van der Waals surface area contributed by atoms with E-state index in [4.69, 9.17) is 11.5 Å². The number of rotatable bonds is 2. The summed E-state index contributed by atoms with van der Waals surface area (Å²) < 4.78 is 1.93. The fourth-order valence-electron chi connectivity index (χ4n) is 1.41. The topological polar surface area (TPSA) is 95.6 Å². The number of nitrogens with two attached hydrogens (primary N) is 2. The summed E-state index contributed by atoms with van der Waals surface area (Å²) in [5.74, 6) is 1.01. The molecule has 2 aromatic rings. The van der Waals surface area contributed by atoms with Gasteiger partial charge in [0.2, 0.25) is 0 Å². The first-order valence-corrected chi connectivity index (χ1v) is 5.01. The molecule has 2 heterocycles. The van der Waals surface area contributed by atoms with Crippen LogP contribution in [-0.4, -0.2) is 19.7 Å². The molecule has 0 aromatic carbocycles. The number of hydrogen-bond acceptors (Lipinski definition) is 5. The van der Waals surface area contributed by atoms with E-state index in [0.717, 1.165) is 0 Å². The highest BCUT2D eigenvalue weighted by Crippen LogP contribution is 2.21. The lowest BCUT2D eigenvalue weighted by Gasteiger charge is -2.09. The zero-order valence-electron chi connectivity index (χ0n) is 9.25. The van der Waals surface area contributed by atoms with Crippen LogP contribution >= 0.6 is 0 Å². The minimum atomic E-state index is 0.269. The van der Waals surface area contributed by atoms with Gasteiger partial charge in [-0.05, 0) is 26.0 Å². The van der Waals surface area contributed by atoms with Crippen LogP contribution in [0.4, 0.5) is 11.5 Å². The maximum atomic E-state index is 5.66. The van der Waals surface area contributed by atoms with E-state index < -0.39 is 0 Å². The predicted octanol–water partition coefficient (Wildman–Crippen LogP) is 1.09. The molecule has 16 heavy (non-hydrogen) atoms. The molecule has 0 radical (unpaired) electrons. The molecule has 0 amide bonds. The molecule has 0 spiro atoms. The summed E-state index contributed by atoms with van der Waals surface area (Å²) >= 11 is 0. The number of hydrogen-bond donors (Lipinski definition) is 2. The van der Waals surface area contributed by atoms with Crippen molar-refractivity contribution in [3.63, 3.8) is 0 Å². The van der Waals surface area contributed by atoms with Gasteiger partial charge in [-0.1, -0.05) is 0 Å². The van der Waals surface area contributed by atoms with Gasteiger partial charge in [0.15, 0.2) is 5.82 Å². The molecule has 84 valence electrons. The average Bonchev–Trinajstić information content (AvgIpc) is 2.71. The Morgan fingerprint density at radius 2 is 2.00 bits per heavy atom. The molecule has 0 saturated heterocycles. The number of anilines is 2. The Balaban J connectivity index is 2.50. The number of nitrogen functional groups attached to an aromatic ring is 2. The van der Waals surface area contributed by atoms with Gasteiger partial charge in [-0.15, -0.1) is 10.2 Å². The second-order valence-corrected chi connectivity index (χ2v) is 3.83. The van der Waals surface area contributed by atoms with Crippen LogP contribution in [-0.2, 0) is 0 Å². The maximum absolute atomic E-state index is 5.66. The van der Waals surface area contributed by atoms with E-state index in [-0.39, 0.29) is 6.04 Å². The van der Waals surface area contributed by atoms with E-state index in [2.05, 4.69) is 15.2 Å². The molecule has 0 unspecified atom stereocenters.